The second-order valence-corrected chi connectivity index (χ2v) is 8.58. The van der Waals surface area contributed by atoms with Crippen molar-refractivity contribution in [1.29, 1.82) is 0 Å². The van der Waals surface area contributed by atoms with Crippen molar-refractivity contribution in [2.45, 2.75) is 45.1 Å². The van der Waals surface area contributed by atoms with Gasteiger partial charge in [0.25, 0.3) is 5.91 Å². The topological polar surface area (TPSA) is 46.7 Å². The number of carbonyl (C=O) groups excluding carboxylic acids is 1. The molecule has 4 fully saturated rings. The minimum Gasteiger partial charge on any atom is -0.463 e. The fourth-order valence-corrected chi connectivity index (χ4v) is 5.90. The summed E-state index contributed by atoms with van der Waals surface area (Å²) in [6, 6.07) is 3.87. The third kappa shape index (κ3) is 3.32. The van der Waals surface area contributed by atoms with Gasteiger partial charge in [-0.3, -0.25) is 4.79 Å². The van der Waals surface area contributed by atoms with Crippen LogP contribution < -0.4 is 10.2 Å². The molecular formula is C19H29N2O2+. The molecule has 1 aromatic rings. The zero-order chi connectivity index (χ0) is 15.9. The van der Waals surface area contributed by atoms with Gasteiger partial charge in [-0.05, 0) is 73.8 Å². The molecule has 1 unspecified atom stereocenters. The number of nitrogens with one attached hydrogen (secondary N) is 2. The predicted molar refractivity (Wildman–Crippen MR) is 87.8 cm³/mol. The van der Waals surface area contributed by atoms with Crippen LogP contribution in [0, 0.1) is 23.2 Å². The highest BCUT2D eigenvalue weighted by Crippen LogP contribution is 2.59. The van der Waals surface area contributed by atoms with Gasteiger partial charge in [-0.15, -0.1) is 0 Å². The van der Waals surface area contributed by atoms with Crippen LogP contribution in [0.3, 0.4) is 0 Å². The quantitative estimate of drug-likeness (QED) is 0.838. The highest BCUT2D eigenvalue weighted by molar-refractivity contribution is 5.76. The molecule has 4 nitrogen and oxygen atoms in total. The van der Waals surface area contributed by atoms with Gasteiger partial charge in [0.15, 0.2) is 12.3 Å². The molecule has 5 rings (SSSR count). The van der Waals surface area contributed by atoms with Gasteiger partial charge in [-0.1, -0.05) is 0 Å². The maximum Gasteiger partial charge on any atom is 0.275 e. The zero-order valence-corrected chi connectivity index (χ0v) is 14.1. The molecule has 0 saturated heterocycles. The summed E-state index contributed by atoms with van der Waals surface area (Å²) in [6.07, 6.45) is 10.1. The Labute approximate surface area is 138 Å². The number of likely N-dealkylation sites (N-methyl/N-ethyl adjacent to an activating group) is 1. The van der Waals surface area contributed by atoms with Crippen molar-refractivity contribution < 1.29 is 14.1 Å². The molecular weight excluding hydrogens is 288 g/mol. The number of carbonyl (C=O) groups is 1. The van der Waals surface area contributed by atoms with Crippen LogP contribution in [0.15, 0.2) is 22.8 Å². The fourth-order valence-electron chi connectivity index (χ4n) is 5.90. The SMILES string of the molecule is C[NH+](CC(=O)NCC12CC3CC(CC(C3)C1)C2)Cc1ccco1. The summed E-state index contributed by atoms with van der Waals surface area (Å²) in [5, 5.41) is 3.26. The Balaban J connectivity index is 1.26. The van der Waals surface area contributed by atoms with Crippen LogP contribution in [0.1, 0.15) is 44.3 Å². The lowest BCUT2D eigenvalue weighted by atomic mass is 9.49. The van der Waals surface area contributed by atoms with Gasteiger partial charge in [-0.2, -0.15) is 0 Å². The van der Waals surface area contributed by atoms with E-state index < -0.39 is 0 Å². The average Bonchev–Trinajstić information content (AvgIpc) is 2.96. The number of amides is 1. The molecule has 0 radical (unpaired) electrons. The number of furan rings is 1. The van der Waals surface area contributed by atoms with Crippen molar-refractivity contribution in [3.05, 3.63) is 24.2 Å². The Morgan fingerprint density at radius 2 is 1.91 bits per heavy atom. The number of quaternary nitrogens is 1. The second-order valence-electron chi connectivity index (χ2n) is 8.58. The molecule has 23 heavy (non-hydrogen) atoms. The minimum atomic E-state index is 0.185. The first-order valence-electron chi connectivity index (χ1n) is 9.21. The van der Waals surface area contributed by atoms with Gasteiger partial charge in [0, 0.05) is 6.54 Å². The second kappa shape index (κ2) is 5.97. The molecule has 2 N–H and O–H groups in total. The van der Waals surface area contributed by atoms with Crippen molar-refractivity contribution in [2.24, 2.45) is 23.2 Å². The summed E-state index contributed by atoms with van der Waals surface area (Å²) < 4.78 is 5.36. The summed E-state index contributed by atoms with van der Waals surface area (Å²) in [5.41, 5.74) is 0.430. The Morgan fingerprint density at radius 1 is 1.26 bits per heavy atom. The van der Waals surface area contributed by atoms with Crippen LogP contribution in [0.2, 0.25) is 0 Å². The Kier molecular flexibility index (Phi) is 3.96. The molecule has 4 bridgehead atoms. The summed E-state index contributed by atoms with van der Waals surface area (Å²) in [7, 11) is 2.05. The standard InChI is InChI=1S/C19H28N2O2/c1-21(11-17-3-2-4-23-17)12-18(22)20-13-19-8-14-5-15(9-19)7-16(6-14)10-19/h2-4,14-16H,5-13H2,1H3,(H,20,22)/p+1. The number of rotatable bonds is 6. The molecule has 4 saturated carbocycles. The van der Waals surface area contributed by atoms with Crippen LogP contribution in [0.4, 0.5) is 0 Å². The van der Waals surface area contributed by atoms with Gasteiger partial charge in [-0.25, -0.2) is 0 Å². The summed E-state index contributed by atoms with van der Waals surface area (Å²) >= 11 is 0. The fraction of sp³-hybridized carbons (Fsp3) is 0.737. The Bertz CT molecular complexity index is 516. The van der Waals surface area contributed by atoms with Gasteiger partial charge < -0.3 is 14.6 Å². The summed E-state index contributed by atoms with van der Waals surface area (Å²) in [5.74, 6) is 3.97. The largest absolute Gasteiger partial charge is 0.463 e. The molecule has 126 valence electrons. The Morgan fingerprint density at radius 3 is 2.48 bits per heavy atom. The van der Waals surface area contributed by atoms with Crippen molar-refractivity contribution >= 4 is 5.91 Å². The third-order valence-electron chi connectivity index (χ3n) is 6.34. The van der Waals surface area contributed by atoms with E-state index in [4.69, 9.17) is 4.42 Å². The number of hydrogen-bond acceptors (Lipinski definition) is 2. The monoisotopic (exact) mass is 317 g/mol. The molecule has 1 aromatic heterocycles. The van der Waals surface area contributed by atoms with Crippen LogP contribution in [-0.4, -0.2) is 26.0 Å². The normalized spacial score (nSPS) is 36.1. The van der Waals surface area contributed by atoms with Crippen LogP contribution in [0.25, 0.3) is 0 Å². The van der Waals surface area contributed by atoms with Gasteiger partial charge in [0.2, 0.25) is 0 Å². The highest BCUT2D eigenvalue weighted by Gasteiger charge is 2.50. The lowest BCUT2D eigenvalue weighted by Crippen LogP contribution is -3.08. The maximum atomic E-state index is 12.3. The Hall–Kier alpha value is -1.29. The molecule has 0 aromatic carbocycles. The van der Waals surface area contributed by atoms with Crippen LogP contribution in [-0.2, 0) is 11.3 Å². The van der Waals surface area contributed by atoms with Crippen molar-refractivity contribution in [3.8, 4) is 0 Å². The van der Waals surface area contributed by atoms with E-state index in [2.05, 4.69) is 5.32 Å². The van der Waals surface area contributed by atoms with Gasteiger partial charge in [0.1, 0.15) is 6.54 Å². The molecule has 0 spiro atoms. The van der Waals surface area contributed by atoms with E-state index in [9.17, 15) is 4.79 Å². The molecule has 4 heteroatoms. The van der Waals surface area contributed by atoms with Crippen LogP contribution >= 0.6 is 0 Å². The van der Waals surface area contributed by atoms with E-state index in [0.29, 0.717) is 12.0 Å². The van der Waals surface area contributed by atoms with E-state index in [1.165, 1.54) is 43.4 Å². The average molecular weight is 317 g/mol. The first kappa shape index (κ1) is 15.3. The molecule has 4 aliphatic carbocycles. The van der Waals surface area contributed by atoms with Gasteiger partial charge >= 0.3 is 0 Å². The van der Waals surface area contributed by atoms with E-state index in [-0.39, 0.29) is 5.91 Å². The number of hydrogen-bond donors (Lipinski definition) is 2. The molecule has 4 aliphatic rings. The lowest BCUT2D eigenvalue weighted by Gasteiger charge is -2.56. The van der Waals surface area contributed by atoms with E-state index in [1.807, 2.05) is 19.2 Å². The summed E-state index contributed by atoms with van der Waals surface area (Å²) in [6.45, 7) is 2.19. The predicted octanol–water partition coefficient (Wildman–Crippen LogP) is 1.63. The first-order valence-corrected chi connectivity index (χ1v) is 9.21. The van der Waals surface area contributed by atoms with E-state index in [0.717, 1.165) is 36.6 Å². The third-order valence-corrected chi connectivity index (χ3v) is 6.34. The maximum absolute atomic E-state index is 12.3. The van der Waals surface area contributed by atoms with Crippen molar-refractivity contribution in [3.63, 3.8) is 0 Å². The minimum absolute atomic E-state index is 0.185. The van der Waals surface area contributed by atoms with E-state index >= 15 is 0 Å². The van der Waals surface area contributed by atoms with Crippen molar-refractivity contribution in [1.82, 2.24) is 5.32 Å². The molecule has 1 amide bonds. The zero-order valence-electron chi connectivity index (χ0n) is 14.1. The van der Waals surface area contributed by atoms with Gasteiger partial charge in [0.05, 0.1) is 13.3 Å². The smallest absolute Gasteiger partial charge is 0.275 e. The lowest BCUT2D eigenvalue weighted by molar-refractivity contribution is -0.886. The van der Waals surface area contributed by atoms with E-state index in [1.54, 1.807) is 6.26 Å². The van der Waals surface area contributed by atoms with Crippen LogP contribution in [0.5, 0.6) is 0 Å². The summed E-state index contributed by atoms with van der Waals surface area (Å²) in [4.78, 5) is 13.5. The highest BCUT2D eigenvalue weighted by atomic mass is 16.3. The van der Waals surface area contributed by atoms with Crippen molar-refractivity contribution in [2.75, 3.05) is 20.1 Å². The molecule has 1 atom stereocenters. The first-order chi connectivity index (χ1) is 11.1. The molecule has 1 heterocycles. The molecule has 0 aliphatic heterocycles.